The Morgan fingerprint density at radius 1 is 1.19 bits per heavy atom. The topological polar surface area (TPSA) is 52.6 Å². The molecule has 0 radical (unpaired) electrons. The molecule has 21 heavy (non-hydrogen) atoms. The predicted octanol–water partition coefficient (Wildman–Crippen LogP) is 2.95. The van der Waals surface area contributed by atoms with Crippen molar-refractivity contribution in [3.8, 4) is 11.1 Å². The van der Waals surface area contributed by atoms with Crippen molar-refractivity contribution in [3.63, 3.8) is 0 Å². The molecule has 106 valence electrons. The standard InChI is InChI=1S/C16H11FO4/c1-20-15(18)14-7-13-10(8-21-16(13)19)6-12(14)9-2-4-11(17)5-3-9/h2-7H,8H2,1H3. The first kappa shape index (κ1) is 13.3. The average Bonchev–Trinajstić information content (AvgIpc) is 2.87. The predicted molar refractivity (Wildman–Crippen MR) is 72.3 cm³/mol. The second-order valence-corrected chi connectivity index (χ2v) is 4.63. The third kappa shape index (κ3) is 2.27. The Hall–Kier alpha value is -2.69. The van der Waals surface area contributed by atoms with Gasteiger partial charge in [0.05, 0.1) is 18.2 Å². The lowest BCUT2D eigenvalue weighted by atomic mass is 9.94. The fourth-order valence-electron chi connectivity index (χ4n) is 2.32. The van der Waals surface area contributed by atoms with Gasteiger partial charge in [-0.1, -0.05) is 12.1 Å². The van der Waals surface area contributed by atoms with Crippen LogP contribution in [0.1, 0.15) is 26.3 Å². The zero-order valence-electron chi connectivity index (χ0n) is 11.2. The van der Waals surface area contributed by atoms with Gasteiger partial charge in [0.25, 0.3) is 0 Å². The van der Waals surface area contributed by atoms with Crippen molar-refractivity contribution in [2.75, 3.05) is 7.11 Å². The molecule has 0 bridgehead atoms. The molecule has 5 heteroatoms. The summed E-state index contributed by atoms with van der Waals surface area (Å²) < 4.78 is 22.7. The van der Waals surface area contributed by atoms with E-state index >= 15 is 0 Å². The number of carbonyl (C=O) groups is 2. The highest BCUT2D eigenvalue weighted by Crippen LogP contribution is 2.31. The van der Waals surface area contributed by atoms with Gasteiger partial charge in [-0.25, -0.2) is 14.0 Å². The zero-order valence-corrected chi connectivity index (χ0v) is 11.2. The molecule has 0 fully saturated rings. The van der Waals surface area contributed by atoms with Gasteiger partial charge in [0.1, 0.15) is 12.4 Å². The second-order valence-electron chi connectivity index (χ2n) is 4.63. The molecule has 0 atom stereocenters. The molecule has 0 unspecified atom stereocenters. The molecule has 1 aliphatic rings. The number of cyclic esters (lactones) is 1. The molecular formula is C16H11FO4. The van der Waals surface area contributed by atoms with Crippen LogP contribution < -0.4 is 0 Å². The molecule has 0 saturated heterocycles. The summed E-state index contributed by atoms with van der Waals surface area (Å²) in [6.07, 6.45) is 0. The van der Waals surface area contributed by atoms with Crippen LogP contribution in [-0.4, -0.2) is 19.0 Å². The maximum Gasteiger partial charge on any atom is 0.338 e. The van der Waals surface area contributed by atoms with E-state index in [4.69, 9.17) is 9.47 Å². The van der Waals surface area contributed by atoms with Crippen LogP contribution in [0, 0.1) is 5.82 Å². The Kier molecular flexibility index (Phi) is 3.17. The molecule has 2 aromatic rings. The third-order valence-electron chi connectivity index (χ3n) is 3.38. The van der Waals surface area contributed by atoms with Crippen LogP contribution in [0.5, 0.6) is 0 Å². The Morgan fingerprint density at radius 2 is 1.90 bits per heavy atom. The number of benzene rings is 2. The van der Waals surface area contributed by atoms with Crippen LogP contribution in [0.3, 0.4) is 0 Å². The normalized spacial score (nSPS) is 12.8. The van der Waals surface area contributed by atoms with Crippen LogP contribution >= 0.6 is 0 Å². The average molecular weight is 286 g/mol. The lowest BCUT2D eigenvalue weighted by Gasteiger charge is -2.10. The van der Waals surface area contributed by atoms with Crippen LogP contribution in [0.2, 0.25) is 0 Å². The van der Waals surface area contributed by atoms with Gasteiger partial charge in [-0.05, 0) is 35.4 Å². The molecule has 1 heterocycles. The van der Waals surface area contributed by atoms with Crippen LogP contribution in [0.25, 0.3) is 11.1 Å². The number of esters is 2. The highest BCUT2D eigenvalue weighted by atomic mass is 19.1. The summed E-state index contributed by atoms with van der Waals surface area (Å²) >= 11 is 0. The van der Waals surface area contributed by atoms with E-state index in [1.54, 1.807) is 18.2 Å². The molecule has 0 aliphatic carbocycles. The molecule has 0 spiro atoms. The van der Waals surface area contributed by atoms with Gasteiger partial charge < -0.3 is 9.47 Å². The molecule has 0 N–H and O–H groups in total. The number of carbonyl (C=O) groups excluding carboxylic acids is 2. The molecular weight excluding hydrogens is 275 g/mol. The second kappa shape index (κ2) is 5.01. The van der Waals surface area contributed by atoms with E-state index < -0.39 is 11.9 Å². The summed E-state index contributed by atoms with van der Waals surface area (Å²) in [5.74, 6) is -1.38. The number of fused-ring (bicyclic) bond motifs is 1. The van der Waals surface area contributed by atoms with Crippen molar-refractivity contribution < 1.29 is 23.5 Å². The van der Waals surface area contributed by atoms with Crippen LogP contribution in [0.15, 0.2) is 36.4 Å². The number of hydrogen-bond acceptors (Lipinski definition) is 4. The van der Waals surface area contributed by atoms with Gasteiger partial charge in [-0.15, -0.1) is 0 Å². The summed E-state index contributed by atoms with van der Waals surface area (Å²) in [5, 5.41) is 0. The van der Waals surface area contributed by atoms with Gasteiger partial charge in [-0.2, -0.15) is 0 Å². The van der Waals surface area contributed by atoms with Crippen molar-refractivity contribution in [3.05, 3.63) is 58.9 Å². The highest BCUT2D eigenvalue weighted by Gasteiger charge is 2.26. The van der Waals surface area contributed by atoms with Crippen molar-refractivity contribution in [2.24, 2.45) is 0 Å². The number of ether oxygens (including phenoxy) is 2. The fourth-order valence-corrected chi connectivity index (χ4v) is 2.32. The van der Waals surface area contributed by atoms with Gasteiger partial charge in [0, 0.05) is 5.56 Å². The maximum absolute atomic E-state index is 13.0. The van der Waals surface area contributed by atoms with E-state index in [2.05, 4.69) is 0 Å². The van der Waals surface area contributed by atoms with Gasteiger partial charge >= 0.3 is 11.9 Å². The smallest absolute Gasteiger partial charge is 0.338 e. The summed E-state index contributed by atoms with van der Waals surface area (Å²) in [5.41, 5.74) is 2.56. The van der Waals surface area contributed by atoms with Gasteiger partial charge in [-0.3, -0.25) is 0 Å². The van der Waals surface area contributed by atoms with E-state index in [-0.39, 0.29) is 18.0 Å². The largest absolute Gasteiger partial charge is 0.465 e. The van der Waals surface area contributed by atoms with Crippen molar-refractivity contribution in [2.45, 2.75) is 6.61 Å². The molecule has 2 aromatic carbocycles. The monoisotopic (exact) mass is 286 g/mol. The summed E-state index contributed by atoms with van der Waals surface area (Å²) in [6.45, 7) is 0.170. The summed E-state index contributed by atoms with van der Waals surface area (Å²) in [7, 11) is 1.27. The lowest BCUT2D eigenvalue weighted by molar-refractivity contribution is 0.0535. The van der Waals surface area contributed by atoms with E-state index in [1.165, 1.54) is 25.3 Å². The summed E-state index contributed by atoms with van der Waals surface area (Å²) in [6, 6.07) is 8.94. The Balaban J connectivity index is 2.21. The van der Waals surface area contributed by atoms with Crippen LogP contribution in [-0.2, 0) is 16.1 Å². The molecule has 3 rings (SSSR count). The minimum absolute atomic E-state index is 0.170. The van der Waals surface area contributed by atoms with Crippen molar-refractivity contribution >= 4 is 11.9 Å². The zero-order chi connectivity index (χ0) is 15.0. The minimum Gasteiger partial charge on any atom is -0.465 e. The van der Waals surface area contributed by atoms with Gasteiger partial charge in [0.15, 0.2) is 0 Å². The minimum atomic E-state index is -0.558. The molecule has 0 amide bonds. The first-order chi connectivity index (χ1) is 10.1. The Labute approximate surface area is 120 Å². The van der Waals surface area contributed by atoms with E-state index in [9.17, 15) is 14.0 Å². The molecule has 1 aliphatic heterocycles. The fraction of sp³-hybridized carbons (Fsp3) is 0.125. The van der Waals surface area contributed by atoms with E-state index in [1.807, 2.05) is 0 Å². The highest BCUT2D eigenvalue weighted by molar-refractivity contribution is 6.02. The lowest BCUT2D eigenvalue weighted by Crippen LogP contribution is -2.06. The van der Waals surface area contributed by atoms with Crippen LogP contribution in [0.4, 0.5) is 4.39 Å². The number of halogens is 1. The van der Waals surface area contributed by atoms with E-state index in [0.717, 1.165) is 0 Å². The first-order valence-corrected chi connectivity index (χ1v) is 6.28. The summed E-state index contributed by atoms with van der Waals surface area (Å²) in [4.78, 5) is 23.5. The van der Waals surface area contributed by atoms with Gasteiger partial charge in [0.2, 0.25) is 0 Å². The number of rotatable bonds is 2. The van der Waals surface area contributed by atoms with Crippen molar-refractivity contribution in [1.82, 2.24) is 0 Å². The third-order valence-corrected chi connectivity index (χ3v) is 3.38. The Morgan fingerprint density at radius 3 is 2.57 bits per heavy atom. The number of methoxy groups -OCH3 is 1. The molecule has 0 saturated carbocycles. The molecule has 4 nitrogen and oxygen atoms in total. The molecule has 0 aromatic heterocycles. The number of hydrogen-bond donors (Lipinski definition) is 0. The van der Waals surface area contributed by atoms with E-state index in [0.29, 0.717) is 22.3 Å². The maximum atomic E-state index is 13.0. The first-order valence-electron chi connectivity index (χ1n) is 6.28. The Bertz CT molecular complexity index is 735. The SMILES string of the molecule is COC(=O)c1cc2c(cc1-c1ccc(F)cc1)COC2=O. The quantitative estimate of drug-likeness (QED) is 0.796. The van der Waals surface area contributed by atoms with Crippen molar-refractivity contribution in [1.29, 1.82) is 0 Å².